The van der Waals surface area contributed by atoms with Gasteiger partial charge < -0.3 is 10.0 Å². The number of carbonyl (C=O) groups is 3. The largest absolute Gasteiger partial charge is 0.477 e. The topological polar surface area (TPSA) is 107 Å². The van der Waals surface area contributed by atoms with Gasteiger partial charge in [0.1, 0.15) is 5.69 Å². The molecule has 0 atom stereocenters. The molecule has 1 fully saturated rings. The molecule has 0 saturated carbocycles. The van der Waals surface area contributed by atoms with Gasteiger partial charge in [0.25, 0.3) is 0 Å². The minimum absolute atomic E-state index is 0.0275. The smallest absolute Gasteiger partial charge is 0.353 e. The van der Waals surface area contributed by atoms with Crippen molar-refractivity contribution in [2.45, 2.75) is 0 Å². The molecule has 2 N–H and O–H groups in total. The average molecular weight is 314 g/mol. The lowest BCUT2D eigenvalue weighted by Crippen LogP contribution is -2.52. The third-order valence-corrected chi connectivity index (χ3v) is 3.73. The molecule has 8 nitrogen and oxygen atoms in total. The van der Waals surface area contributed by atoms with Crippen molar-refractivity contribution in [3.8, 4) is 11.3 Å². The van der Waals surface area contributed by atoms with Crippen LogP contribution >= 0.6 is 0 Å². The highest BCUT2D eigenvalue weighted by Gasteiger charge is 2.29. The van der Waals surface area contributed by atoms with E-state index < -0.39 is 5.97 Å². The predicted molar refractivity (Wildman–Crippen MR) is 81.0 cm³/mol. The molecule has 23 heavy (non-hydrogen) atoms. The van der Waals surface area contributed by atoms with E-state index in [9.17, 15) is 14.4 Å². The maximum absolute atomic E-state index is 11.9. The molecular formula is C15H14N4O4. The van der Waals surface area contributed by atoms with Crippen molar-refractivity contribution in [1.29, 1.82) is 0 Å². The first-order valence-electron chi connectivity index (χ1n) is 6.90. The summed E-state index contributed by atoms with van der Waals surface area (Å²) in [7, 11) is 1.46. The summed E-state index contributed by atoms with van der Waals surface area (Å²) in [5.74, 6) is -1.68. The summed E-state index contributed by atoms with van der Waals surface area (Å²) in [5.41, 5.74) is 1.73. The van der Waals surface area contributed by atoms with E-state index in [0.717, 1.165) is 4.90 Å². The van der Waals surface area contributed by atoms with Gasteiger partial charge in [-0.15, -0.1) is 0 Å². The third-order valence-electron chi connectivity index (χ3n) is 3.73. The van der Waals surface area contributed by atoms with Gasteiger partial charge in [-0.3, -0.25) is 19.6 Å². The second kappa shape index (κ2) is 5.56. The molecule has 1 aromatic heterocycles. The van der Waals surface area contributed by atoms with E-state index in [4.69, 9.17) is 5.11 Å². The monoisotopic (exact) mass is 314 g/mol. The third kappa shape index (κ3) is 2.66. The number of rotatable bonds is 3. The number of piperazine rings is 1. The Morgan fingerprint density at radius 1 is 1.22 bits per heavy atom. The molecule has 1 saturated heterocycles. The molecule has 2 amide bonds. The number of nitrogens with one attached hydrogen (secondary N) is 1. The number of benzene rings is 1. The van der Waals surface area contributed by atoms with Crippen LogP contribution in [0, 0.1) is 0 Å². The van der Waals surface area contributed by atoms with Crippen LogP contribution in [-0.4, -0.2) is 58.1 Å². The van der Waals surface area contributed by atoms with Crippen LogP contribution < -0.4 is 4.90 Å². The number of amides is 2. The fraction of sp³-hybridized carbons (Fsp3) is 0.200. The Morgan fingerprint density at radius 2 is 1.87 bits per heavy atom. The summed E-state index contributed by atoms with van der Waals surface area (Å²) in [6, 6.07) is 8.53. The number of carboxylic acids is 1. The molecule has 1 aliphatic rings. The molecule has 8 heteroatoms. The average Bonchev–Trinajstić information content (AvgIpc) is 3.02. The van der Waals surface area contributed by atoms with Crippen LogP contribution in [0.15, 0.2) is 30.3 Å². The first-order chi connectivity index (χ1) is 11.0. The zero-order valence-electron chi connectivity index (χ0n) is 12.3. The Balaban J connectivity index is 1.99. The molecule has 2 aromatic rings. The van der Waals surface area contributed by atoms with Gasteiger partial charge >= 0.3 is 5.97 Å². The van der Waals surface area contributed by atoms with Crippen molar-refractivity contribution >= 4 is 23.5 Å². The van der Waals surface area contributed by atoms with Crippen molar-refractivity contribution < 1.29 is 19.5 Å². The number of hydrogen-bond donors (Lipinski definition) is 2. The van der Waals surface area contributed by atoms with Crippen molar-refractivity contribution in [1.82, 2.24) is 15.1 Å². The van der Waals surface area contributed by atoms with Gasteiger partial charge in [-0.25, -0.2) is 4.79 Å². The molecule has 0 bridgehead atoms. The number of likely N-dealkylation sites (N-methyl/N-ethyl adjacent to an activating group) is 1. The molecule has 3 rings (SSSR count). The van der Waals surface area contributed by atoms with Crippen LogP contribution in [0.25, 0.3) is 11.3 Å². The lowest BCUT2D eigenvalue weighted by atomic mass is 10.1. The Morgan fingerprint density at radius 3 is 2.48 bits per heavy atom. The lowest BCUT2D eigenvalue weighted by Gasteiger charge is -2.32. The summed E-state index contributed by atoms with van der Waals surface area (Å²) in [6.45, 7) is 0.158. The minimum Gasteiger partial charge on any atom is -0.477 e. The van der Waals surface area contributed by atoms with Gasteiger partial charge in [0.2, 0.25) is 11.8 Å². The van der Waals surface area contributed by atoms with E-state index in [1.54, 1.807) is 29.2 Å². The van der Waals surface area contributed by atoms with Gasteiger partial charge in [0.05, 0.1) is 18.8 Å². The summed E-state index contributed by atoms with van der Waals surface area (Å²) < 4.78 is 0. The van der Waals surface area contributed by atoms with Crippen LogP contribution in [0.2, 0.25) is 0 Å². The molecule has 0 aliphatic carbocycles. The van der Waals surface area contributed by atoms with E-state index >= 15 is 0 Å². The quantitative estimate of drug-likeness (QED) is 0.803. The number of para-hydroxylation sites is 1. The number of carboxylic acid groups (broad SMARTS) is 1. The zero-order valence-corrected chi connectivity index (χ0v) is 12.3. The summed E-state index contributed by atoms with van der Waals surface area (Å²) in [6.07, 6.45) is 0. The highest BCUT2D eigenvalue weighted by Crippen LogP contribution is 2.30. The molecule has 0 radical (unpaired) electrons. The number of aromatic amines is 1. The van der Waals surface area contributed by atoms with E-state index in [1.807, 2.05) is 0 Å². The highest BCUT2D eigenvalue weighted by molar-refractivity contribution is 6.03. The van der Waals surface area contributed by atoms with Gasteiger partial charge in [-0.2, -0.15) is 5.10 Å². The second-order valence-electron chi connectivity index (χ2n) is 5.19. The molecule has 0 spiro atoms. The van der Waals surface area contributed by atoms with Crippen molar-refractivity contribution in [2.75, 3.05) is 25.0 Å². The van der Waals surface area contributed by atoms with Crippen molar-refractivity contribution in [3.05, 3.63) is 36.0 Å². The van der Waals surface area contributed by atoms with Gasteiger partial charge in [0, 0.05) is 18.3 Å². The number of imide groups is 1. The van der Waals surface area contributed by atoms with Crippen LogP contribution in [0.4, 0.5) is 5.69 Å². The van der Waals surface area contributed by atoms with Crippen LogP contribution in [-0.2, 0) is 9.59 Å². The molecule has 0 unspecified atom stereocenters. The number of anilines is 1. The van der Waals surface area contributed by atoms with Crippen LogP contribution in [0.1, 0.15) is 10.5 Å². The first kappa shape index (κ1) is 14.8. The van der Waals surface area contributed by atoms with E-state index in [2.05, 4.69) is 10.2 Å². The normalized spacial score (nSPS) is 15.2. The molecule has 118 valence electrons. The number of carbonyl (C=O) groups excluding carboxylic acids is 2. The Kier molecular flexibility index (Phi) is 3.57. The van der Waals surface area contributed by atoms with E-state index in [0.29, 0.717) is 16.9 Å². The first-order valence-corrected chi connectivity index (χ1v) is 6.90. The van der Waals surface area contributed by atoms with Gasteiger partial charge in [-0.1, -0.05) is 18.2 Å². The molecule has 1 aromatic carbocycles. The molecule has 2 heterocycles. The number of H-pyrrole nitrogens is 1. The number of aromatic nitrogens is 2. The maximum Gasteiger partial charge on any atom is 0.353 e. The van der Waals surface area contributed by atoms with E-state index in [-0.39, 0.29) is 30.6 Å². The van der Waals surface area contributed by atoms with Gasteiger partial charge in [-0.05, 0) is 12.1 Å². The Bertz CT molecular complexity index is 780. The lowest BCUT2D eigenvalue weighted by molar-refractivity contribution is -0.143. The Hall–Kier alpha value is -3.16. The molecule has 1 aliphatic heterocycles. The van der Waals surface area contributed by atoms with E-state index in [1.165, 1.54) is 13.1 Å². The fourth-order valence-corrected chi connectivity index (χ4v) is 2.44. The van der Waals surface area contributed by atoms with Crippen molar-refractivity contribution in [2.24, 2.45) is 0 Å². The SMILES string of the molecule is CN1C(=O)CN(c2ccccc2-c2cc(C(=O)O)[nH]n2)CC1=O. The summed E-state index contributed by atoms with van der Waals surface area (Å²) >= 11 is 0. The standard InChI is InChI=1S/C15H14N4O4/c1-18-13(20)7-19(8-14(18)21)12-5-3-2-4-9(12)10-6-11(15(22)23)17-16-10/h2-6H,7-8H2,1H3,(H,16,17)(H,22,23). The van der Waals surface area contributed by atoms with Crippen molar-refractivity contribution in [3.63, 3.8) is 0 Å². The predicted octanol–water partition coefficient (Wildman–Crippen LogP) is 0.580. The van der Waals surface area contributed by atoms with Crippen LogP contribution in [0.3, 0.4) is 0 Å². The zero-order chi connectivity index (χ0) is 16.6. The summed E-state index contributed by atoms with van der Waals surface area (Å²) in [5, 5.41) is 15.4. The summed E-state index contributed by atoms with van der Waals surface area (Å²) in [4.78, 5) is 37.5. The number of aromatic carboxylic acids is 1. The fourth-order valence-electron chi connectivity index (χ4n) is 2.44. The maximum atomic E-state index is 11.9. The Labute approximate surface area is 131 Å². The van der Waals surface area contributed by atoms with Gasteiger partial charge in [0.15, 0.2) is 0 Å². The number of hydrogen-bond acceptors (Lipinski definition) is 5. The minimum atomic E-state index is -1.11. The second-order valence-corrected chi connectivity index (χ2v) is 5.19. The van der Waals surface area contributed by atoms with Crippen LogP contribution in [0.5, 0.6) is 0 Å². The number of nitrogens with zero attached hydrogens (tertiary/aromatic N) is 3. The highest BCUT2D eigenvalue weighted by atomic mass is 16.4. The molecular weight excluding hydrogens is 300 g/mol.